The van der Waals surface area contributed by atoms with Crippen molar-refractivity contribution in [3.05, 3.63) is 0 Å². The average Bonchev–Trinajstić information content (AvgIpc) is 2.58. The Morgan fingerprint density at radius 3 is 2.04 bits per heavy atom. The van der Waals surface area contributed by atoms with Gasteiger partial charge < -0.3 is 0 Å². The molecule has 2 fully saturated rings. The normalized spacial score (nSPS) is 26.5. The summed E-state index contributed by atoms with van der Waals surface area (Å²) < 4.78 is 0. The van der Waals surface area contributed by atoms with Gasteiger partial charge in [-0.25, -0.2) is 0 Å². The molecule has 2 aliphatic carbocycles. The summed E-state index contributed by atoms with van der Waals surface area (Å²) >= 11 is 0. The van der Waals surface area contributed by atoms with Crippen LogP contribution in [-0.4, -0.2) is 0 Å². The fourth-order valence-electron chi connectivity index (χ4n) is 4.60. The quantitative estimate of drug-likeness (QED) is 0.429. The second-order valence-electron chi connectivity index (χ2n) is 8.08. The molecule has 0 nitrogen and oxygen atoms in total. The summed E-state index contributed by atoms with van der Waals surface area (Å²) in [7, 11) is 0. The van der Waals surface area contributed by atoms with Gasteiger partial charge >= 0.3 is 0 Å². The van der Waals surface area contributed by atoms with Crippen molar-refractivity contribution in [2.24, 2.45) is 23.7 Å². The van der Waals surface area contributed by atoms with Crippen LogP contribution in [0.15, 0.2) is 0 Å². The molecule has 2 aliphatic rings. The van der Waals surface area contributed by atoms with Crippen LogP contribution in [0.25, 0.3) is 0 Å². The van der Waals surface area contributed by atoms with Crippen molar-refractivity contribution in [1.29, 1.82) is 0 Å². The van der Waals surface area contributed by atoms with Gasteiger partial charge in [-0.1, -0.05) is 119 Å². The molecule has 23 heavy (non-hydrogen) atoms. The minimum atomic E-state index is 0.904. The zero-order valence-electron chi connectivity index (χ0n) is 17.5. The van der Waals surface area contributed by atoms with E-state index in [1.54, 1.807) is 25.7 Å². The molecule has 0 saturated heterocycles. The fraction of sp³-hybridized carbons (Fsp3) is 1.00. The zero-order chi connectivity index (χ0) is 17.5. The predicted octanol–water partition coefficient (Wildman–Crippen LogP) is 8.64. The third-order valence-corrected chi connectivity index (χ3v) is 5.77. The van der Waals surface area contributed by atoms with Gasteiger partial charge in [0.05, 0.1) is 0 Å². The number of hydrogen-bond donors (Lipinski definition) is 0. The van der Waals surface area contributed by atoms with Crippen LogP contribution in [0.3, 0.4) is 0 Å². The second kappa shape index (κ2) is 15.5. The van der Waals surface area contributed by atoms with E-state index in [-0.39, 0.29) is 0 Å². The Morgan fingerprint density at radius 1 is 0.783 bits per heavy atom. The van der Waals surface area contributed by atoms with Crippen LogP contribution in [-0.2, 0) is 0 Å². The maximum Gasteiger partial charge on any atom is -0.0357 e. The molecule has 0 amide bonds. The lowest BCUT2D eigenvalue weighted by atomic mass is 9.64. The monoisotopic (exact) mass is 324 g/mol. The SMILES string of the molecule is CC.CCCC1CCCC2CCCCC12.CCCCCC(C)C. The first-order valence-electron chi connectivity index (χ1n) is 11.2. The van der Waals surface area contributed by atoms with Crippen LogP contribution < -0.4 is 0 Å². The van der Waals surface area contributed by atoms with Crippen molar-refractivity contribution in [2.45, 2.75) is 125 Å². The first-order chi connectivity index (χ1) is 11.2. The van der Waals surface area contributed by atoms with Gasteiger partial charge in [0.2, 0.25) is 0 Å². The van der Waals surface area contributed by atoms with Crippen molar-refractivity contribution in [3.63, 3.8) is 0 Å². The molecule has 0 aromatic rings. The first kappa shape index (κ1) is 23.0. The molecule has 0 radical (unpaired) electrons. The molecule has 3 unspecified atom stereocenters. The summed E-state index contributed by atoms with van der Waals surface area (Å²) in [4.78, 5) is 0. The predicted molar refractivity (Wildman–Crippen MR) is 108 cm³/mol. The van der Waals surface area contributed by atoms with Gasteiger partial charge in [-0.15, -0.1) is 0 Å². The maximum atomic E-state index is 2.35. The third kappa shape index (κ3) is 10.5. The van der Waals surface area contributed by atoms with E-state index in [0.717, 1.165) is 23.7 Å². The van der Waals surface area contributed by atoms with Gasteiger partial charge in [0.15, 0.2) is 0 Å². The van der Waals surface area contributed by atoms with E-state index in [1.807, 2.05) is 13.8 Å². The molecular weight excluding hydrogens is 276 g/mol. The molecule has 0 aromatic carbocycles. The van der Waals surface area contributed by atoms with E-state index >= 15 is 0 Å². The molecule has 0 heteroatoms. The number of fused-ring (bicyclic) bond motifs is 1. The van der Waals surface area contributed by atoms with Crippen LogP contribution in [0, 0.1) is 23.7 Å². The van der Waals surface area contributed by atoms with E-state index in [2.05, 4.69) is 27.7 Å². The van der Waals surface area contributed by atoms with Crippen LogP contribution in [0.5, 0.6) is 0 Å². The molecular formula is C23H48. The Morgan fingerprint density at radius 2 is 1.43 bits per heavy atom. The Hall–Kier alpha value is 0. The summed E-state index contributed by atoms with van der Waals surface area (Å²) in [5.41, 5.74) is 0. The maximum absolute atomic E-state index is 2.35. The minimum Gasteiger partial charge on any atom is -0.0683 e. The van der Waals surface area contributed by atoms with Crippen molar-refractivity contribution in [3.8, 4) is 0 Å². The van der Waals surface area contributed by atoms with Crippen molar-refractivity contribution >= 4 is 0 Å². The Labute approximate surface area is 149 Å². The van der Waals surface area contributed by atoms with Gasteiger partial charge in [-0.2, -0.15) is 0 Å². The standard InChI is InChI=1S/C13H24.C8H18.C2H6/c1-2-6-11-8-5-9-12-7-3-4-10-13(11)12;1-4-5-6-7-8(2)3;1-2/h11-13H,2-10H2,1H3;8H,4-7H2,1-3H3;1-2H3. The fourth-order valence-corrected chi connectivity index (χ4v) is 4.60. The lowest BCUT2D eigenvalue weighted by Crippen LogP contribution is -2.30. The highest BCUT2D eigenvalue weighted by Gasteiger charge is 2.33. The van der Waals surface area contributed by atoms with Crippen molar-refractivity contribution < 1.29 is 0 Å². The largest absolute Gasteiger partial charge is 0.0683 e. The second-order valence-corrected chi connectivity index (χ2v) is 8.08. The molecule has 3 atom stereocenters. The minimum absolute atomic E-state index is 0.904. The molecule has 2 rings (SSSR count). The lowest BCUT2D eigenvalue weighted by molar-refractivity contribution is 0.0975. The molecule has 0 bridgehead atoms. The van der Waals surface area contributed by atoms with Crippen molar-refractivity contribution in [1.82, 2.24) is 0 Å². The van der Waals surface area contributed by atoms with E-state index in [1.165, 1.54) is 57.8 Å². The number of unbranched alkanes of at least 4 members (excludes halogenated alkanes) is 2. The molecule has 0 aliphatic heterocycles. The lowest BCUT2D eigenvalue weighted by Gasteiger charge is -2.41. The van der Waals surface area contributed by atoms with Crippen LogP contribution >= 0.6 is 0 Å². The molecule has 0 spiro atoms. The van der Waals surface area contributed by atoms with Gasteiger partial charge in [0, 0.05) is 0 Å². The van der Waals surface area contributed by atoms with Crippen LogP contribution in [0.4, 0.5) is 0 Å². The number of rotatable bonds is 6. The van der Waals surface area contributed by atoms with E-state index in [9.17, 15) is 0 Å². The van der Waals surface area contributed by atoms with Crippen molar-refractivity contribution in [2.75, 3.05) is 0 Å². The zero-order valence-corrected chi connectivity index (χ0v) is 17.5. The van der Waals surface area contributed by atoms with Gasteiger partial charge in [0.1, 0.15) is 0 Å². The summed E-state index contributed by atoms with van der Waals surface area (Å²) in [6, 6.07) is 0. The van der Waals surface area contributed by atoms with E-state index < -0.39 is 0 Å². The van der Waals surface area contributed by atoms with E-state index in [0.29, 0.717) is 0 Å². The molecule has 0 heterocycles. The Bertz CT molecular complexity index is 226. The molecule has 0 aromatic heterocycles. The van der Waals surface area contributed by atoms with E-state index in [4.69, 9.17) is 0 Å². The van der Waals surface area contributed by atoms with Gasteiger partial charge in [-0.3, -0.25) is 0 Å². The highest BCUT2D eigenvalue weighted by atomic mass is 14.4. The van der Waals surface area contributed by atoms with Gasteiger partial charge in [0.25, 0.3) is 0 Å². The highest BCUT2D eigenvalue weighted by Crippen LogP contribution is 2.45. The summed E-state index contributed by atoms with van der Waals surface area (Å²) in [5.74, 6) is 4.30. The highest BCUT2D eigenvalue weighted by molar-refractivity contribution is 4.84. The van der Waals surface area contributed by atoms with Gasteiger partial charge in [-0.05, 0) is 30.1 Å². The molecule has 2 saturated carbocycles. The topological polar surface area (TPSA) is 0 Å². The summed E-state index contributed by atoms with van der Waals surface area (Å²) in [5, 5.41) is 0. The molecule has 0 N–H and O–H groups in total. The first-order valence-corrected chi connectivity index (χ1v) is 11.2. The average molecular weight is 325 g/mol. The number of hydrogen-bond acceptors (Lipinski definition) is 0. The van der Waals surface area contributed by atoms with Crippen LogP contribution in [0.2, 0.25) is 0 Å². The smallest absolute Gasteiger partial charge is 0.0357 e. The Kier molecular flexibility index (Phi) is 15.5. The summed E-state index contributed by atoms with van der Waals surface area (Å²) in [6.07, 6.45) is 19.4. The van der Waals surface area contributed by atoms with Crippen LogP contribution in [0.1, 0.15) is 125 Å². The Balaban J connectivity index is 0.000000421. The third-order valence-electron chi connectivity index (χ3n) is 5.77. The summed E-state index contributed by atoms with van der Waals surface area (Å²) in [6.45, 7) is 13.2. The molecule has 140 valence electrons.